The van der Waals surface area contributed by atoms with Crippen LogP contribution in [0.4, 0.5) is 0 Å². The van der Waals surface area contributed by atoms with Gasteiger partial charge in [0.25, 0.3) is 0 Å². The van der Waals surface area contributed by atoms with Gasteiger partial charge in [0.15, 0.2) is 5.96 Å². The number of guanidine groups is 1. The van der Waals surface area contributed by atoms with E-state index in [9.17, 15) is 0 Å². The predicted octanol–water partition coefficient (Wildman–Crippen LogP) is -0.702. The highest BCUT2D eigenvalue weighted by atomic mass is 15.4. The first kappa shape index (κ1) is 13.7. The van der Waals surface area contributed by atoms with Crippen LogP contribution in [0.1, 0.15) is 0 Å². The molecule has 0 aliphatic rings. The van der Waals surface area contributed by atoms with Crippen molar-refractivity contribution in [3.63, 3.8) is 0 Å². The molecule has 1 atom stereocenters. The van der Waals surface area contributed by atoms with Crippen LogP contribution in [-0.4, -0.2) is 75.6 Å². The lowest BCUT2D eigenvalue weighted by molar-refractivity contribution is 0.308. The van der Waals surface area contributed by atoms with Crippen LogP contribution < -0.4 is 5.73 Å². The highest BCUT2D eigenvalue weighted by Gasteiger charge is 2.07. The van der Waals surface area contributed by atoms with Gasteiger partial charge in [-0.1, -0.05) is 0 Å². The van der Waals surface area contributed by atoms with E-state index in [4.69, 9.17) is 5.73 Å². The molecule has 0 aromatic heterocycles. The largest absolute Gasteiger partial charge is 0.370 e. The normalized spacial score (nSPS) is 14.7. The minimum Gasteiger partial charge on any atom is -0.370 e. The van der Waals surface area contributed by atoms with Gasteiger partial charge >= 0.3 is 0 Å². The minimum atomic E-state index is -0.283. The second kappa shape index (κ2) is 6.23. The average molecular weight is 214 g/mol. The Morgan fingerprint density at radius 3 is 2.00 bits per heavy atom. The summed E-state index contributed by atoms with van der Waals surface area (Å²) in [6, 6.07) is 0. The first-order valence-corrected chi connectivity index (χ1v) is 4.71. The third-order valence-electron chi connectivity index (χ3n) is 1.60. The Morgan fingerprint density at radius 2 is 1.67 bits per heavy atom. The molecule has 6 heteroatoms. The van der Waals surface area contributed by atoms with Crippen molar-refractivity contribution in [1.29, 1.82) is 0 Å². The summed E-state index contributed by atoms with van der Waals surface area (Å²) in [5.41, 5.74) is 5.72. The fraction of sp³-hybridized carbons (Fsp3) is 0.778. The van der Waals surface area contributed by atoms with Gasteiger partial charge in [-0.25, -0.2) is 9.98 Å². The van der Waals surface area contributed by atoms with E-state index < -0.39 is 0 Å². The molecule has 0 rings (SSSR count). The second-order valence-corrected chi connectivity index (χ2v) is 3.92. The molecule has 0 heterocycles. The fourth-order valence-corrected chi connectivity index (χ4v) is 0.709. The molecule has 0 saturated heterocycles. The third-order valence-corrected chi connectivity index (χ3v) is 1.60. The summed E-state index contributed by atoms with van der Waals surface area (Å²) in [5, 5.41) is 0. The van der Waals surface area contributed by atoms with Gasteiger partial charge < -0.3 is 15.5 Å². The minimum absolute atomic E-state index is 0.283. The fourth-order valence-electron chi connectivity index (χ4n) is 0.709. The Kier molecular flexibility index (Phi) is 5.69. The lowest BCUT2D eigenvalue weighted by Crippen LogP contribution is -2.35. The van der Waals surface area contributed by atoms with Crippen molar-refractivity contribution in [3.05, 3.63) is 0 Å². The van der Waals surface area contributed by atoms with Crippen LogP contribution >= 0.6 is 0 Å². The van der Waals surface area contributed by atoms with Crippen LogP contribution in [0.25, 0.3) is 0 Å². The maximum absolute atomic E-state index is 5.72. The van der Waals surface area contributed by atoms with Gasteiger partial charge in [0, 0.05) is 28.2 Å². The molecule has 0 amide bonds. The number of hydrogen-bond donors (Lipinski definition) is 1. The zero-order chi connectivity index (χ0) is 12.0. The van der Waals surface area contributed by atoms with Crippen molar-refractivity contribution >= 4 is 12.3 Å². The highest BCUT2D eigenvalue weighted by Crippen LogP contribution is 1.97. The SMILES string of the molecule is CN(C)C=NC(N=C(N)N(C)C)N(C)C. The maximum atomic E-state index is 5.72. The Morgan fingerprint density at radius 1 is 1.13 bits per heavy atom. The van der Waals surface area contributed by atoms with Crippen molar-refractivity contribution in [2.24, 2.45) is 15.7 Å². The lowest BCUT2D eigenvalue weighted by atomic mass is 10.7. The standard InChI is InChI=1S/C9H22N6/c1-13(2)7-11-9(15(5)6)12-8(10)14(3)4/h7,9H,1-6H3,(H2,10,12). The number of nitrogens with two attached hydrogens (primary N) is 1. The smallest absolute Gasteiger partial charge is 0.201 e. The molecule has 0 fully saturated rings. The van der Waals surface area contributed by atoms with Crippen molar-refractivity contribution < 1.29 is 0 Å². The molecule has 1 unspecified atom stereocenters. The summed E-state index contributed by atoms with van der Waals surface area (Å²) in [4.78, 5) is 14.0. The maximum Gasteiger partial charge on any atom is 0.201 e. The molecule has 0 aromatic rings. The number of rotatable bonds is 4. The molecular weight excluding hydrogens is 192 g/mol. The topological polar surface area (TPSA) is 60.5 Å². The van der Waals surface area contributed by atoms with Gasteiger partial charge in [0.05, 0.1) is 6.34 Å². The Balaban J connectivity index is 4.62. The van der Waals surface area contributed by atoms with E-state index in [0.717, 1.165) is 0 Å². The van der Waals surface area contributed by atoms with Crippen LogP contribution in [-0.2, 0) is 0 Å². The second-order valence-electron chi connectivity index (χ2n) is 3.92. The summed E-state index contributed by atoms with van der Waals surface area (Å²) in [6.45, 7) is 0. The molecule has 0 saturated carbocycles. The molecule has 0 spiro atoms. The van der Waals surface area contributed by atoms with Gasteiger partial charge in [-0.15, -0.1) is 0 Å². The Labute approximate surface area is 92.1 Å². The van der Waals surface area contributed by atoms with E-state index in [1.165, 1.54) is 0 Å². The van der Waals surface area contributed by atoms with E-state index in [1.54, 1.807) is 11.2 Å². The van der Waals surface area contributed by atoms with Crippen molar-refractivity contribution in [2.75, 3.05) is 42.3 Å². The molecule has 0 radical (unpaired) electrons. The first-order chi connectivity index (χ1) is 6.84. The monoisotopic (exact) mass is 214 g/mol. The van der Waals surface area contributed by atoms with E-state index >= 15 is 0 Å². The van der Waals surface area contributed by atoms with Gasteiger partial charge in [0.1, 0.15) is 0 Å². The van der Waals surface area contributed by atoms with E-state index in [2.05, 4.69) is 9.98 Å². The van der Waals surface area contributed by atoms with E-state index in [0.29, 0.717) is 5.96 Å². The average Bonchev–Trinajstić information content (AvgIpc) is 2.10. The molecule has 15 heavy (non-hydrogen) atoms. The summed E-state index contributed by atoms with van der Waals surface area (Å²) in [7, 11) is 11.3. The summed E-state index contributed by atoms with van der Waals surface area (Å²) >= 11 is 0. The molecule has 0 aliphatic carbocycles. The van der Waals surface area contributed by atoms with Crippen LogP contribution in [0.15, 0.2) is 9.98 Å². The van der Waals surface area contributed by atoms with Gasteiger partial charge in [-0.2, -0.15) is 0 Å². The van der Waals surface area contributed by atoms with E-state index in [-0.39, 0.29) is 6.29 Å². The molecule has 88 valence electrons. The summed E-state index contributed by atoms with van der Waals surface area (Å²) < 4.78 is 0. The van der Waals surface area contributed by atoms with Crippen molar-refractivity contribution in [2.45, 2.75) is 6.29 Å². The van der Waals surface area contributed by atoms with Gasteiger partial charge in [-0.3, -0.25) is 4.90 Å². The Bertz CT molecular complexity index is 231. The highest BCUT2D eigenvalue weighted by molar-refractivity contribution is 5.77. The van der Waals surface area contributed by atoms with Crippen LogP contribution in [0, 0.1) is 0 Å². The molecule has 2 N–H and O–H groups in total. The lowest BCUT2D eigenvalue weighted by Gasteiger charge is -2.19. The van der Waals surface area contributed by atoms with Crippen LogP contribution in [0.3, 0.4) is 0 Å². The van der Waals surface area contributed by atoms with Crippen LogP contribution in [0.2, 0.25) is 0 Å². The number of hydrogen-bond acceptors (Lipinski definition) is 3. The third kappa shape index (κ3) is 5.90. The van der Waals surface area contributed by atoms with E-state index in [1.807, 2.05) is 52.1 Å². The molecule has 0 bridgehead atoms. The molecule has 0 aliphatic heterocycles. The quantitative estimate of drug-likeness (QED) is 0.496. The number of nitrogens with zero attached hydrogens (tertiary/aromatic N) is 5. The zero-order valence-electron chi connectivity index (χ0n) is 10.5. The van der Waals surface area contributed by atoms with Crippen molar-refractivity contribution in [3.8, 4) is 0 Å². The van der Waals surface area contributed by atoms with Gasteiger partial charge in [-0.05, 0) is 14.1 Å². The zero-order valence-corrected chi connectivity index (χ0v) is 10.5. The summed E-state index contributed by atoms with van der Waals surface area (Å²) in [6.07, 6.45) is 1.44. The van der Waals surface area contributed by atoms with Gasteiger partial charge in [0.2, 0.25) is 6.29 Å². The molecule has 6 nitrogen and oxygen atoms in total. The Hall–Kier alpha value is -1.30. The molecule has 0 aromatic carbocycles. The first-order valence-electron chi connectivity index (χ1n) is 4.71. The number of aliphatic imine (C=N–C) groups is 2. The summed E-state index contributed by atoms with van der Waals surface area (Å²) in [5.74, 6) is 0.463. The molecular formula is C9H22N6. The predicted molar refractivity (Wildman–Crippen MR) is 65.0 cm³/mol. The van der Waals surface area contributed by atoms with Crippen molar-refractivity contribution in [1.82, 2.24) is 14.7 Å². The van der Waals surface area contributed by atoms with Crippen LogP contribution in [0.5, 0.6) is 0 Å².